The highest BCUT2D eigenvalue weighted by Crippen LogP contribution is 2.29. The highest BCUT2D eigenvalue weighted by molar-refractivity contribution is 6.34. The smallest absolute Gasteiger partial charge is 0.273 e. The lowest BCUT2D eigenvalue weighted by molar-refractivity contribution is -0.385. The number of anilines is 2. The Balaban J connectivity index is 2.23. The van der Waals surface area contributed by atoms with Gasteiger partial charge in [-0.2, -0.15) is 5.26 Å². The average molecular weight is 418 g/mol. The molecule has 1 amide bonds. The Kier molecular flexibility index (Phi) is 6.67. The van der Waals surface area contributed by atoms with Gasteiger partial charge in [-0.05, 0) is 12.1 Å². The molecule has 2 rings (SSSR count). The molecule has 0 aliphatic carbocycles. The molecule has 0 aliphatic rings. The maximum absolute atomic E-state index is 12.3. The van der Waals surface area contributed by atoms with Gasteiger partial charge in [0.25, 0.3) is 17.3 Å². The molecule has 0 atom stereocenters. The van der Waals surface area contributed by atoms with Crippen molar-refractivity contribution >= 4 is 40.3 Å². The second-order valence-electron chi connectivity index (χ2n) is 5.33. The Labute approximate surface area is 168 Å². The number of carbonyl (C=O) groups is 1. The summed E-state index contributed by atoms with van der Waals surface area (Å²) in [5, 5.41) is 35.9. The second kappa shape index (κ2) is 9.16. The number of rotatable bonds is 7. The predicted molar refractivity (Wildman–Crippen MR) is 104 cm³/mol. The molecule has 12 heteroatoms. The number of nitro benzene ring substituents is 2. The van der Waals surface area contributed by atoms with Crippen LogP contribution in [0.1, 0.15) is 0 Å². The number of halogens is 1. The number of hydrogen-bond acceptors (Lipinski definition) is 8. The van der Waals surface area contributed by atoms with Gasteiger partial charge in [0.05, 0.1) is 39.4 Å². The van der Waals surface area contributed by atoms with E-state index in [2.05, 4.69) is 10.6 Å². The zero-order valence-corrected chi connectivity index (χ0v) is 15.5. The number of nitro groups is 2. The number of nitrogens with one attached hydrogen (secondary N) is 2. The van der Waals surface area contributed by atoms with Gasteiger partial charge in [0.2, 0.25) is 0 Å². The molecule has 0 aliphatic heterocycles. The van der Waals surface area contributed by atoms with Crippen LogP contribution < -0.4 is 15.4 Å². The van der Waals surface area contributed by atoms with Crippen molar-refractivity contribution in [3.8, 4) is 11.8 Å². The maximum atomic E-state index is 12.3. The van der Waals surface area contributed by atoms with Crippen LogP contribution in [-0.4, -0.2) is 22.9 Å². The lowest BCUT2D eigenvalue weighted by atomic mass is 10.2. The molecule has 148 valence electrons. The largest absolute Gasteiger partial charge is 0.494 e. The number of hydrogen-bond donors (Lipinski definition) is 2. The number of methoxy groups -OCH3 is 1. The van der Waals surface area contributed by atoms with Crippen LogP contribution in [0.15, 0.2) is 48.2 Å². The van der Waals surface area contributed by atoms with Gasteiger partial charge < -0.3 is 15.4 Å². The Bertz CT molecular complexity index is 1060. The summed E-state index contributed by atoms with van der Waals surface area (Å²) in [4.78, 5) is 32.7. The number of ether oxygens (including phenoxy) is 1. The molecule has 2 aromatic rings. The fraction of sp³-hybridized carbons (Fsp3) is 0.0588. The lowest BCUT2D eigenvalue weighted by Crippen LogP contribution is -2.15. The van der Waals surface area contributed by atoms with Crippen molar-refractivity contribution in [2.45, 2.75) is 0 Å². The summed E-state index contributed by atoms with van der Waals surface area (Å²) in [5.74, 6) is -0.752. The first kappa shape index (κ1) is 21.1. The highest BCUT2D eigenvalue weighted by Gasteiger charge is 2.16. The second-order valence-corrected chi connectivity index (χ2v) is 5.74. The lowest BCUT2D eigenvalue weighted by Gasteiger charge is -2.09. The van der Waals surface area contributed by atoms with Crippen LogP contribution in [0.4, 0.5) is 22.7 Å². The van der Waals surface area contributed by atoms with E-state index in [0.29, 0.717) is 0 Å². The van der Waals surface area contributed by atoms with Crippen LogP contribution in [0.2, 0.25) is 5.02 Å². The van der Waals surface area contributed by atoms with E-state index in [1.807, 2.05) is 0 Å². The van der Waals surface area contributed by atoms with Crippen LogP contribution in [0, 0.1) is 31.6 Å². The molecule has 0 saturated heterocycles. The summed E-state index contributed by atoms with van der Waals surface area (Å²) >= 11 is 5.92. The first-order valence-electron chi connectivity index (χ1n) is 7.71. The van der Waals surface area contributed by atoms with Crippen molar-refractivity contribution in [1.82, 2.24) is 0 Å². The summed E-state index contributed by atoms with van der Waals surface area (Å²) in [6.07, 6.45) is 1.06. The molecule has 2 aromatic carbocycles. The summed E-state index contributed by atoms with van der Waals surface area (Å²) in [5.41, 5.74) is -0.643. The molecule has 0 fully saturated rings. The predicted octanol–water partition coefficient (Wildman–Crippen LogP) is 3.62. The van der Waals surface area contributed by atoms with Crippen LogP contribution in [-0.2, 0) is 4.79 Å². The van der Waals surface area contributed by atoms with Crippen molar-refractivity contribution in [1.29, 1.82) is 5.26 Å². The number of nitriles is 1. The quantitative estimate of drug-likeness (QED) is 0.299. The molecule has 0 bridgehead atoms. The Morgan fingerprint density at radius 2 is 1.76 bits per heavy atom. The molecule has 0 heterocycles. The minimum absolute atomic E-state index is 0.0417. The van der Waals surface area contributed by atoms with E-state index in [9.17, 15) is 30.3 Å². The van der Waals surface area contributed by atoms with Crippen LogP contribution in [0.25, 0.3) is 0 Å². The zero-order valence-electron chi connectivity index (χ0n) is 14.7. The zero-order chi connectivity index (χ0) is 21.6. The normalized spacial score (nSPS) is 10.6. The summed E-state index contributed by atoms with van der Waals surface area (Å²) in [7, 11) is 1.30. The monoisotopic (exact) mass is 417 g/mol. The Morgan fingerprint density at radius 1 is 1.14 bits per heavy atom. The van der Waals surface area contributed by atoms with E-state index >= 15 is 0 Å². The van der Waals surface area contributed by atoms with Crippen molar-refractivity contribution in [2.75, 3.05) is 17.7 Å². The van der Waals surface area contributed by atoms with Gasteiger partial charge in [-0.15, -0.1) is 0 Å². The van der Waals surface area contributed by atoms with Gasteiger partial charge in [0.15, 0.2) is 0 Å². The van der Waals surface area contributed by atoms with Crippen LogP contribution >= 0.6 is 11.6 Å². The van der Waals surface area contributed by atoms with Gasteiger partial charge in [-0.3, -0.25) is 25.0 Å². The molecule has 29 heavy (non-hydrogen) atoms. The SMILES string of the molecule is COc1cc([N+](=O)[O-])ccc1N/C=C(/C#N)C(=O)Nc1cc([N+](=O)[O-])ccc1Cl. The van der Waals surface area contributed by atoms with Gasteiger partial charge in [-0.1, -0.05) is 11.6 Å². The number of carbonyl (C=O) groups excluding carboxylic acids is 1. The van der Waals surface area contributed by atoms with E-state index in [-0.39, 0.29) is 39.1 Å². The van der Waals surface area contributed by atoms with Crippen LogP contribution in [0.5, 0.6) is 5.75 Å². The van der Waals surface area contributed by atoms with Gasteiger partial charge >= 0.3 is 0 Å². The molecule has 11 nitrogen and oxygen atoms in total. The van der Waals surface area contributed by atoms with E-state index < -0.39 is 15.8 Å². The molecule has 2 N–H and O–H groups in total. The Morgan fingerprint density at radius 3 is 2.34 bits per heavy atom. The molecule has 0 spiro atoms. The number of amides is 1. The first-order valence-corrected chi connectivity index (χ1v) is 8.09. The summed E-state index contributed by atoms with van der Waals surface area (Å²) in [6.45, 7) is 0. The van der Waals surface area contributed by atoms with Crippen molar-refractivity contribution in [2.24, 2.45) is 0 Å². The standard InChI is InChI=1S/C17H12ClN5O6/c1-29-16-7-12(23(27)28)3-5-14(16)20-9-10(8-19)17(24)21-15-6-11(22(25)26)2-4-13(15)18/h2-7,9,20H,1H3,(H,21,24)/b10-9-. The minimum Gasteiger partial charge on any atom is -0.494 e. The number of nitrogens with zero attached hydrogens (tertiary/aromatic N) is 3. The van der Waals surface area contributed by atoms with Gasteiger partial charge in [-0.25, -0.2) is 0 Å². The average Bonchev–Trinajstić information content (AvgIpc) is 2.69. The fourth-order valence-corrected chi connectivity index (χ4v) is 2.29. The topological polar surface area (TPSA) is 160 Å². The summed E-state index contributed by atoms with van der Waals surface area (Å²) in [6, 6.07) is 8.88. The van der Waals surface area contributed by atoms with Gasteiger partial charge in [0.1, 0.15) is 17.4 Å². The Hall–Kier alpha value is -4.17. The fourth-order valence-electron chi connectivity index (χ4n) is 2.12. The van der Waals surface area contributed by atoms with Gasteiger partial charge in [0, 0.05) is 24.4 Å². The molecule has 0 unspecified atom stereocenters. The van der Waals surface area contributed by atoms with E-state index in [4.69, 9.17) is 16.3 Å². The third kappa shape index (κ3) is 5.18. The van der Waals surface area contributed by atoms with E-state index in [1.54, 1.807) is 6.07 Å². The molecular formula is C17H12ClN5O6. The molecular weight excluding hydrogens is 406 g/mol. The first-order chi connectivity index (χ1) is 13.8. The van der Waals surface area contributed by atoms with E-state index in [0.717, 1.165) is 12.3 Å². The highest BCUT2D eigenvalue weighted by atomic mass is 35.5. The molecule has 0 radical (unpaired) electrons. The molecule has 0 saturated carbocycles. The minimum atomic E-state index is -0.872. The van der Waals surface area contributed by atoms with Crippen LogP contribution in [0.3, 0.4) is 0 Å². The number of non-ortho nitro benzene ring substituents is 2. The third-order valence-corrected chi connectivity index (χ3v) is 3.87. The molecule has 0 aromatic heterocycles. The maximum Gasteiger partial charge on any atom is 0.273 e. The van der Waals surface area contributed by atoms with E-state index in [1.165, 1.54) is 37.4 Å². The van der Waals surface area contributed by atoms with Crippen molar-refractivity contribution < 1.29 is 19.4 Å². The third-order valence-electron chi connectivity index (χ3n) is 3.54. The summed E-state index contributed by atoms with van der Waals surface area (Å²) < 4.78 is 5.05. The number of benzene rings is 2. The van der Waals surface area contributed by atoms with Crippen molar-refractivity contribution in [3.63, 3.8) is 0 Å². The van der Waals surface area contributed by atoms with Crippen molar-refractivity contribution in [3.05, 3.63) is 73.4 Å².